The van der Waals surface area contributed by atoms with Crippen LogP contribution in [0.2, 0.25) is 0 Å². The van der Waals surface area contributed by atoms with Gasteiger partial charge in [0.15, 0.2) is 0 Å². The summed E-state index contributed by atoms with van der Waals surface area (Å²) in [4.78, 5) is 4.14. The Kier molecular flexibility index (Phi) is 7.69. The van der Waals surface area contributed by atoms with Crippen molar-refractivity contribution in [2.75, 3.05) is 26.9 Å². The molecule has 5 nitrogen and oxygen atoms in total. The van der Waals surface area contributed by atoms with Crippen molar-refractivity contribution in [1.82, 2.24) is 4.98 Å². The van der Waals surface area contributed by atoms with E-state index >= 15 is 0 Å². The molecule has 0 aliphatic heterocycles. The second-order valence-electron chi connectivity index (χ2n) is 7.66. The first-order chi connectivity index (χ1) is 13.7. The van der Waals surface area contributed by atoms with E-state index in [0.29, 0.717) is 30.7 Å². The average molecular weight is 385 g/mol. The third-order valence-corrected chi connectivity index (χ3v) is 5.69. The molecule has 28 heavy (non-hydrogen) atoms. The van der Waals surface area contributed by atoms with Gasteiger partial charge in [-0.05, 0) is 67.2 Å². The Balaban J connectivity index is 1.57. The number of methoxy groups -OCH3 is 1. The van der Waals surface area contributed by atoms with Crippen LogP contribution in [0.4, 0.5) is 0 Å². The van der Waals surface area contributed by atoms with Crippen LogP contribution in [0.3, 0.4) is 0 Å². The summed E-state index contributed by atoms with van der Waals surface area (Å²) in [6, 6.07) is 8.75. The SMILES string of the molecule is COc1cncc(OC[C@H]2CCc3cc([C@H](CN)CCCCO)ccc3C2)c1. The molecule has 1 aromatic heterocycles. The molecule has 2 aromatic rings. The molecule has 0 unspecified atom stereocenters. The van der Waals surface area contributed by atoms with Crippen LogP contribution in [0.15, 0.2) is 36.7 Å². The summed E-state index contributed by atoms with van der Waals surface area (Å²) in [5.74, 6) is 2.37. The van der Waals surface area contributed by atoms with Crippen LogP contribution in [-0.4, -0.2) is 37.0 Å². The summed E-state index contributed by atoms with van der Waals surface area (Å²) in [7, 11) is 1.63. The van der Waals surface area contributed by atoms with Gasteiger partial charge >= 0.3 is 0 Å². The summed E-state index contributed by atoms with van der Waals surface area (Å²) in [6.07, 6.45) is 9.59. The molecule has 1 aromatic carbocycles. The molecule has 0 bridgehead atoms. The summed E-state index contributed by atoms with van der Waals surface area (Å²) < 4.78 is 11.2. The van der Waals surface area contributed by atoms with Gasteiger partial charge in [-0.1, -0.05) is 24.6 Å². The number of aromatic nitrogens is 1. The number of hydrogen-bond acceptors (Lipinski definition) is 5. The molecular weight excluding hydrogens is 352 g/mol. The van der Waals surface area contributed by atoms with E-state index in [2.05, 4.69) is 23.2 Å². The molecule has 0 saturated heterocycles. The van der Waals surface area contributed by atoms with Gasteiger partial charge in [-0.15, -0.1) is 0 Å². The van der Waals surface area contributed by atoms with Crippen LogP contribution in [0.1, 0.15) is 48.3 Å². The zero-order valence-corrected chi connectivity index (χ0v) is 16.8. The minimum atomic E-state index is 0.261. The minimum Gasteiger partial charge on any atom is -0.495 e. The molecule has 0 spiro atoms. The highest BCUT2D eigenvalue weighted by Gasteiger charge is 2.21. The standard InChI is InChI=1S/C23H32N2O3/c1-27-22-12-23(15-25-14-22)28-16-17-5-6-19-11-20(8-7-18(19)10-17)21(13-24)4-2-3-9-26/h7-8,11-12,14-15,17,21,26H,2-6,9-10,13,16,24H2,1H3/t17-,21-/m0/s1. The lowest BCUT2D eigenvalue weighted by atomic mass is 9.81. The van der Waals surface area contributed by atoms with E-state index in [1.807, 2.05) is 6.07 Å². The number of ether oxygens (including phenoxy) is 2. The number of pyridine rings is 1. The van der Waals surface area contributed by atoms with E-state index in [4.69, 9.17) is 20.3 Å². The van der Waals surface area contributed by atoms with Gasteiger partial charge < -0.3 is 20.3 Å². The van der Waals surface area contributed by atoms with Gasteiger partial charge in [0.2, 0.25) is 0 Å². The van der Waals surface area contributed by atoms with Crippen molar-refractivity contribution in [1.29, 1.82) is 0 Å². The average Bonchev–Trinajstić information content (AvgIpc) is 2.75. The van der Waals surface area contributed by atoms with Gasteiger partial charge in [0.1, 0.15) is 11.5 Å². The van der Waals surface area contributed by atoms with Crippen LogP contribution in [0.25, 0.3) is 0 Å². The zero-order valence-electron chi connectivity index (χ0n) is 16.8. The quantitative estimate of drug-likeness (QED) is 0.613. The van der Waals surface area contributed by atoms with Crippen LogP contribution < -0.4 is 15.2 Å². The second kappa shape index (κ2) is 10.4. The van der Waals surface area contributed by atoms with Crippen molar-refractivity contribution < 1.29 is 14.6 Å². The highest BCUT2D eigenvalue weighted by molar-refractivity contribution is 5.36. The number of aryl methyl sites for hydroxylation is 1. The Bertz CT molecular complexity index is 750. The number of hydrogen-bond donors (Lipinski definition) is 2. The van der Waals surface area contributed by atoms with Crippen molar-refractivity contribution in [3.63, 3.8) is 0 Å². The van der Waals surface area contributed by atoms with Crippen molar-refractivity contribution in [3.05, 3.63) is 53.3 Å². The molecule has 3 rings (SSSR count). The van der Waals surface area contributed by atoms with Crippen molar-refractivity contribution in [3.8, 4) is 11.5 Å². The minimum absolute atomic E-state index is 0.261. The highest BCUT2D eigenvalue weighted by Crippen LogP contribution is 2.30. The Morgan fingerprint density at radius 3 is 2.82 bits per heavy atom. The molecule has 5 heteroatoms. The van der Waals surface area contributed by atoms with E-state index in [-0.39, 0.29) is 6.61 Å². The lowest BCUT2D eigenvalue weighted by Gasteiger charge is -2.26. The van der Waals surface area contributed by atoms with Crippen LogP contribution >= 0.6 is 0 Å². The summed E-state index contributed by atoms with van der Waals surface area (Å²) in [6.45, 7) is 1.62. The molecule has 2 atom stereocenters. The smallest absolute Gasteiger partial charge is 0.141 e. The molecule has 3 N–H and O–H groups in total. The summed E-state index contributed by atoms with van der Waals surface area (Å²) in [5.41, 5.74) is 10.2. The van der Waals surface area contributed by atoms with Crippen LogP contribution in [-0.2, 0) is 12.8 Å². The number of aliphatic hydroxyl groups excluding tert-OH is 1. The molecule has 0 saturated carbocycles. The maximum Gasteiger partial charge on any atom is 0.141 e. The van der Waals surface area contributed by atoms with Gasteiger partial charge in [0.25, 0.3) is 0 Å². The second-order valence-corrected chi connectivity index (χ2v) is 7.66. The molecule has 1 heterocycles. The van der Waals surface area contributed by atoms with Crippen molar-refractivity contribution in [2.24, 2.45) is 11.7 Å². The monoisotopic (exact) mass is 384 g/mol. The first-order valence-corrected chi connectivity index (χ1v) is 10.3. The van der Waals surface area contributed by atoms with Crippen molar-refractivity contribution >= 4 is 0 Å². The molecule has 0 amide bonds. The lowest BCUT2D eigenvalue weighted by Crippen LogP contribution is -2.21. The number of fused-ring (bicyclic) bond motifs is 1. The van der Waals surface area contributed by atoms with Crippen LogP contribution in [0, 0.1) is 5.92 Å². The number of benzene rings is 1. The van der Waals surface area contributed by atoms with Crippen molar-refractivity contribution in [2.45, 2.75) is 44.4 Å². The summed E-state index contributed by atoms with van der Waals surface area (Å²) in [5, 5.41) is 9.00. The Morgan fingerprint density at radius 1 is 1.18 bits per heavy atom. The third-order valence-electron chi connectivity index (χ3n) is 5.69. The Labute approximate surface area is 167 Å². The molecule has 152 valence electrons. The van der Waals surface area contributed by atoms with Gasteiger partial charge in [-0.2, -0.15) is 0 Å². The predicted octanol–water partition coefficient (Wildman–Crippen LogP) is 3.48. The van der Waals surface area contributed by atoms with E-state index in [1.54, 1.807) is 19.5 Å². The Hall–Kier alpha value is -2.11. The fraction of sp³-hybridized carbons (Fsp3) is 0.522. The number of nitrogens with zero attached hydrogens (tertiary/aromatic N) is 1. The normalized spacial score (nSPS) is 17.0. The van der Waals surface area contributed by atoms with E-state index in [1.165, 1.54) is 16.7 Å². The molecular formula is C23H32N2O3. The zero-order chi connectivity index (χ0) is 19.8. The van der Waals surface area contributed by atoms with E-state index in [0.717, 1.165) is 44.3 Å². The van der Waals surface area contributed by atoms with Gasteiger partial charge in [0, 0.05) is 12.7 Å². The van der Waals surface area contributed by atoms with E-state index < -0.39 is 0 Å². The maximum absolute atomic E-state index is 9.00. The first-order valence-electron chi connectivity index (χ1n) is 10.3. The van der Waals surface area contributed by atoms with Crippen LogP contribution in [0.5, 0.6) is 11.5 Å². The summed E-state index contributed by atoms with van der Waals surface area (Å²) >= 11 is 0. The number of nitrogens with two attached hydrogens (primary N) is 1. The topological polar surface area (TPSA) is 77.6 Å². The Morgan fingerprint density at radius 2 is 2.04 bits per heavy atom. The predicted molar refractivity (Wildman–Crippen MR) is 111 cm³/mol. The third kappa shape index (κ3) is 5.46. The fourth-order valence-electron chi connectivity index (χ4n) is 3.97. The van der Waals surface area contributed by atoms with Gasteiger partial charge in [-0.3, -0.25) is 4.98 Å². The van der Waals surface area contributed by atoms with Gasteiger partial charge in [-0.25, -0.2) is 0 Å². The fourth-order valence-corrected chi connectivity index (χ4v) is 3.97. The number of unbranched alkanes of at least 4 members (excludes halogenated alkanes) is 1. The largest absolute Gasteiger partial charge is 0.495 e. The highest BCUT2D eigenvalue weighted by atomic mass is 16.5. The maximum atomic E-state index is 9.00. The van der Waals surface area contributed by atoms with E-state index in [9.17, 15) is 0 Å². The molecule has 1 aliphatic rings. The molecule has 0 radical (unpaired) electrons. The first kappa shape index (κ1) is 20.6. The molecule has 0 fully saturated rings. The molecule has 1 aliphatic carbocycles. The number of aliphatic hydroxyl groups is 1. The number of rotatable bonds is 10. The van der Waals surface area contributed by atoms with Gasteiger partial charge in [0.05, 0.1) is 26.1 Å². The lowest BCUT2D eigenvalue weighted by molar-refractivity contribution is 0.232.